The maximum atomic E-state index is 5.58. The maximum Gasteiger partial charge on any atom is 0.233 e. The zero-order valence-corrected chi connectivity index (χ0v) is 16.1. The lowest BCUT2D eigenvalue weighted by Gasteiger charge is -2.21. The van der Waals surface area contributed by atoms with Gasteiger partial charge in [0, 0.05) is 12.3 Å². The average Bonchev–Trinajstić information content (AvgIpc) is 3.47. The number of fused-ring (bicyclic) bond motifs is 1. The van der Waals surface area contributed by atoms with Crippen molar-refractivity contribution in [1.29, 1.82) is 0 Å². The lowest BCUT2D eigenvalue weighted by molar-refractivity contribution is 0.334. The number of hydrogen-bond acceptors (Lipinski definition) is 9. The molecule has 2 aliphatic rings. The standard InChI is InChI=1S/C16H19N7OS2/c1-25-16-20-19-15(26-16)13-17-14(24-21-13)9-6-7-11-12(8-9)23(22-18-11)10-4-2-3-5-10/h9-10H,2-8H2,1H3. The van der Waals surface area contributed by atoms with Crippen molar-refractivity contribution in [2.75, 3.05) is 6.26 Å². The van der Waals surface area contributed by atoms with E-state index in [1.54, 1.807) is 11.8 Å². The van der Waals surface area contributed by atoms with E-state index in [1.807, 2.05) is 6.26 Å². The zero-order chi connectivity index (χ0) is 17.5. The summed E-state index contributed by atoms with van der Waals surface area (Å²) < 4.78 is 8.65. The number of hydrogen-bond donors (Lipinski definition) is 0. The normalized spacial score (nSPS) is 20.6. The topological polar surface area (TPSA) is 95.4 Å². The predicted octanol–water partition coefficient (Wildman–Crippen LogP) is 3.29. The minimum Gasteiger partial charge on any atom is -0.339 e. The quantitative estimate of drug-likeness (QED) is 0.627. The van der Waals surface area contributed by atoms with Gasteiger partial charge in [-0.25, -0.2) is 4.68 Å². The molecule has 0 spiro atoms. The first kappa shape index (κ1) is 16.4. The molecule has 0 aliphatic heterocycles. The van der Waals surface area contributed by atoms with E-state index in [1.165, 1.54) is 42.7 Å². The second-order valence-electron chi connectivity index (χ2n) is 6.84. The Morgan fingerprint density at radius 2 is 2.04 bits per heavy atom. The molecule has 0 amide bonds. The van der Waals surface area contributed by atoms with Gasteiger partial charge in [0.15, 0.2) is 9.35 Å². The highest BCUT2D eigenvalue weighted by molar-refractivity contribution is 8.00. The van der Waals surface area contributed by atoms with E-state index >= 15 is 0 Å². The third kappa shape index (κ3) is 2.84. The van der Waals surface area contributed by atoms with Gasteiger partial charge in [0.2, 0.25) is 11.7 Å². The van der Waals surface area contributed by atoms with Crippen LogP contribution in [0.4, 0.5) is 0 Å². The van der Waals surface area contributed by atoms with Gasteiger partial charge < -0.3 is 4.52 Å². The average molecular weight is 390 g/mol. The van der Waals surface area contributed by atoms with Crippen molar-refractivity contribution in [2.45, 2.75) is 61.2 Å². The van der Waals surface area contributed by atoms with Crippen LogP contribution in [-0.2, 0) is 12.8 Å². The summed E-state index contributed by atoms with van der Waals surface area (Å²) in [5.41, 5.74) is 2.40. The third-order valence-corrected chi connectivity index (χ3v) is 7.17. The monoisotopic (exact) mass is 389 g/mol. The molecule has 1 saturated carbocycles. The Morgan fingerprint density at radius 3 is 2.85 bits per heavy atom. The highest BCUT2D eigenvalue weighted by atomic mass is 32.2. The van der Waals surface area contributed by atoms with E-state index in [-0.39, 0.29) is 5.92 Å². The Balaban J connectivity index is 1.38. The molecule has 3 aromatic heterocycles. The van der Waals surface area contributed by atoms with Crippen molar-refractivity contribution >= 4 is 23.1 Å². The first-order valence-corrected chi connectivity index (χ1v) is 11.0. The summed E-state index contributed by atoms with van der Waals surface area (Å²) in [6.07, 6.45) is 9.72. The molecule has 8 nitrogen and oxygen atoms in total. The maximum absolute atomic E-state index is 5.58. The molecule has 3 heterocycles. The lowest BCUT2D eigenvalue weighted by atomic mass is 9.89. The van der Waals surface area contributed by atoms with Crippen LogP contribution in [0.3, 0.4) is 0 Å². The van der Waals surface area contributed by atoms with Crippen LogP contribution in [0, 0.1) is 0 Å². The van der Waals surface area contributed by atoms with E-state index in [0.29, 0.717) is 22.8 Å². The lowest BCUT2D eigenvalue weighted by Crippen LogP contribution is -2.18. The molecule has 136 valence electrons. The van der Waals surface area contributed by atoms with Crippen LogP contribution in [0.1, 0.15) is 61.3 Å². The SMILES string of the molecule is CSc1nnc(-c2noc(C3CCc4nnn(C5CCCC5)c4C3)n2)s1. The first-order chi connectivity index (χ1) is 12.8. The summed E-state index contributed by atoms with van der Waals surface area (Å²) in [6, 6.07) is 0.509. The van der Waals surface area contributed by atoms with Gasteiger partial charge >= 0.3 is 0 Å². The number of nitrogens with zero attached hydrogens (tertiary/aromatic N) is 7. The van der Waals surface area contributed by atoms with E-state index in [0.717, 1.165) is 29.3 Å². The van der Waals surface area contributed by atoms with Crippen LogP contribution in [0.5, 0.6) is 0 Å². The van der Waals surface area contributed by atoms with Gasteiger partial charge in [-0.15, -0.1) is 15.3 Å². The summed E-state index contributed by atoms with van der Waals surface area (Å²) in [5.74, 6) is 1.44. The van der Waals surface area contributed by atoms with E-state index in [2.05, 4.69) is 35.3 Å². The Morgan fingerprint density at radius 1 is 1.15 bits per heavy atom. The molecule has 3 aromatic rings. The van der Waals surface area contributed by atoms with Crippen molar-refractivity contribution in [3.63, 3.8) is 0 Å². The molecule has 5 rings (SSSR count). The van der Waals surface area contributed by atoms with E-state index in [4.69, 9.17) is 4.52 Å². The van der Waals surface area contributed by atoms with Gasteiger partial charge in [-0.2, -0.15) is 4.98 Å². The fraction of sp³-hybridized carbons (Fsp3) is 0.625. The smallest absolute Gasteiger partial charge is 0.233 e. The predicted molar refractivity (Wildman–Crippen MR) is 97.3 cm³/mol. The van der Waals surface area contributed by atoms with Crippen LogP contribution in [0.25, 0.3) is 10.8 Å². The molecule has 0 radical (unpaired) electrons. The number of aromatic nitrogens is 7. The van der Waals surface area contributed by atoms with Gasteiger partial charge in [-0.3, -0.25) is 0 Å². The van der Waals surface area contributed by atoms with Gasteiger partial charge in [0.25, 0.3) is 0 Å². The number of aryl methyl sites for hydroxylation is 1. The van der Waals surface area contributed by atoms with E-state index < -0.39 is 0 Å². The van der Waals surface area contributed by atoms with Gasteiger partial charge in [-0.05, 0) is 31.9 Å². The Bertz CT molecular complexity index is 911. The summed E-state index contributed by atoms with van der Waals surface area (Å²) in [7, 11) is 0. The first-order valence-electron chi connectivity index (χ1n) is 8.96. The fourth-order valence-electron chi connectivity index (χ4n) is 3.92. The summed E-state index contributed by atoms with van der Waals surface area (Å²) in [4.78, 5) is 4.61. The fourth-order valence-corrected chi connectivity index (χ4v) is 5.12. The van der Waals surface area contributed by atoms with Crippen LogP contribution in [0.15, 0.2) is 8.86 Å². The minimum atomic E-state index is 0.218. The molecule has 1 fully saturated rings. The summed E-state index contributed by atoms with van der Waals surface area (Å²) in [6.45, 7) is 0. The van der Waals surface area contributed by atoms with Crippen molar-refractivity contribution in [2.24, 2.45) is 0 Å². The molecular weight excluding hydrogens is 370 g/mol. The molecule has 0 N–H and O–H groups in total. The molecule has 0 aromatic carbocycles. The second kappa shape index (κ2) is 6.73. The van der Waals surface area contributed by atoms with Crippen molar-refractivity contribution in [3.8, 4) is 10.8 Å². The highest BCUT2D eigenvalue weighted by Crippen LogP contribution is 2.36. The second-order valence-corrected chi connectivity index (χ2v) is 8.87. The Labute approximate surface area is 158 Å². The number of thioether (sulfide) groups is 1. The van der Waals surface area contributed by atoms with Crippen LogP contribution in [-0.4, -0.2) is 41.6 Å². The largest absolute Gasteiger partial charge is 0.339 e. The molecule has 2 aliphatic carbocycles. The zero-order valence-electron chi connectivity index (χ0n) is 14.5. The third-order valence-electron chi connectivity index (χ3n) is 5.27. The molecule has 10 heteroatoms. The molecule has 0 saturated heterocycles. The van der Waals surface area contributed by atoms with Gasteiger partial charge in [0.05, 0.1) is 17.4 Å². The molecule has 1 atom stereocenters. The molecule has 0 bridgehead atoms. The minimum absolute atomic E-state index is 0.218. The van der Waals surface area contributed by atoms with Crippen LogP contribution >= 0.6 is 23.1 Å². The Hall–Kier alpha value is -1.81. The Kier molecular flexibility index (Phi) is 4.24. The van der Waals surface area contributed by atoms with Crippen LogP contribution < -0.4 is 0 Å². The van der Waals surface area contributed by atoms with Crippen molar-refractivity contribution in [3.05, 3.63) is 17.3 Å². The summed E-state index contributed by atoms with van der Waals surface area (Å²) >= 11 is 3.05. The van der Waals surface area contributed by atoms with E-state index in [9.17, 15) is 0 Å². The van der Waals surface area contributed by atoms with Crippen molar-refractivity contribution < 1.29 is 4.52 Å². The number of rotatable bonds is 4. The van der Waals surface area contributed by atoms with Gasteiger partial charge in [-0.1, -0.05) is 46.3 Å². The van der Waals surface area contributed by atoms with Crippen molar-refractivity contribution in [1.82, 2.24) is 35.3 Å². The van der Waals surface area contributed by atoms with Crippen LogP contribution in [0.2, 0.25) is 0 Å². The van der Waals surface area contributed by atoms with Gasteiger partial charge in [0.1, 0.15) is 0 Å². The molecule has 26 heavy (non-hydrogen) atoms. The highest BCUT2D eigenvalue weighted by Gasteiger charge is 2.31. The molecule has 1 unspecified atom stereocenters. The molecular formula is C16H19N7OS2. The summed E-state index contributed by atoms with van der Waals surface area (Å²) in [5, 5.41) is 22.0.